The molecule has 0 bridgehead atoms. The number of methoxy groups -OCH3 is 2. The highest BCUT2D eigenvalue weighted by Gasteiger charge is 2.27. The quantitative estimate of drug-likeness (QED) is 0.779. The number of nitrogens with one attached hydrogen (secondary N) is 1. The molecule has 0 fully saturated rings. The van der Waals surface area contributed by atoms with Crippen molar-refractivity contribution < 1.29 is 22.7 Å². The van der Waals surface area contributed by atoms with Crippen molar-refractivity contribution >= 4 is 15.9 Å². The first-order valence-electron chi connectivity index (χ1n) is 8.27. The Morgan fingerprint density at radius 2 is 1.80 bits per heavy atom. The second-order valence-corrected chi connectivity index (χ2v) is 8.41. The molecule has 1 aliphatic rings. The van der Waals surface area contributed by atoms with E-state index >= 15 is 0 Å². The Morgan fingerprint density at radius 3 is 2.36 bits per heavy atom. The number of hydrogen-bond acceptors (Lipinski definition) is 5. The maximum atomic E-state index is 12.5. The van der Waals surface area contributed by atoms with Crippen LogP contribution in [-0.4, -0.2) is 51.7 Å². The molecule has 1 aromatic carbocycles. The van der Waals surface area contributed by atoms with E-state index < -0.39 is 10.0 Å². The number of fused-ring (bicyclic) bond motifs is 1. The van der Waals surface area contributed by atoms with E-state index in [2.05, 4.69) is 5.32 Å². The Hall–Kier alpha value is -1.80. The van der Waals surface area contributed by atoms with Gasteiger partial charge in [-0.15, -0.1) is 0 Å². The van der Waals surface area contributed by atoms with Crippen LogP contribution in [-0.2, 0) is 27.8 Å². The second kappa shape index (κ2) is 8.05. The molecule has 0 aliphatic carbocycles. The van der Waals surface area contributed by atoms with E-state index in [0.717, 1.165) is 11.1 Å². The van der Waals surface area contributed by atoms with Crippen LogP contribution in [0.1, 0.15) is 25.0 Å². The number of hydrogen-bond donors (Lipinski definition) is 1. The Kier molecular flexibility index (Phi) is 6.29. The molecule has 25 heavy (non-hydrogen) atoms. The first-order valence-corrected chi connectivity index (χ1v) is 9.88. The third-order valence-corrected chi connectivity index (χ3v) is 6.08. The van der Waals surface area contributed by atoms with Gasteiger partial charge in [0.25, 0.3) is 0 Å². The van der Waals surface area contributed by atoms with Gasteiger partial charge < -0.3 is 14.8 Å². The summed E-state index contributed by atoms with van der Waals surface area (Å²) in [6.45, 7) is 4.38. The molecule has 0 atom stereocenters. The molecule has 1 heterocycles. The SMILES string of the molecule is COc1cc2c(cc1OC)CN(S(=O)(=O)CCNC(=O)C(C)C)CC2. The molecular formula is C17H26N2O5S. The smallest absolute Gasteiger partial charge is 0.222 e. The highest BCUT2D eigenvalue weighted by atomic mass is 32.2. The number of carbonyl (C=O) groups is 1. The van der Waals surface area contributed by atoms with E-state index in [1.807, 2.05) is 12.1 Å². The number of rotatable bonds is 7. The van der Waals surface area contributed by atoms with E-state index in [1.165, 1.54) is 4.31 Å². The fourth-order valence-corrected chi connectivity index (χ4v) is 4.05. The summed E-state index contributed by atoms with van der Waals surface area (Å²) in [6.07, 6.45) is 0.618. The van der Waals surface area contributed by atoms with Gasteiger partial charge in [0.2, 0.25) is 15.9 Å². The summed E-state index contributed by atoms with van der Waals surface area (Å²) in [6, 6.07) is 3.73. The molecule has 0 saturated heterocycles. The largest absolute Gasteiger partial charge is 0.493 e. The summed E-state index contributed by atoms with van der Waals surface area (Å²) in [5.41, 5.74) is 1.98. The van der Waals surface area contributed by atoms with E-state index in [1.54, 1.807) is 28.1 Å². The molecule has 1 N–H and O–H groups in total. The molecule has 0 aromatic heterocycles. The van der Waals surface area contributed by atoms with Crippen LogP contribution in [0.4, 0.5) is 0 Å². The highest BCUT2D eigenvalue weighted by Crippen LogP contribution is 2.33. The topological polar surface area (TPSA) is 84.9 Å². The summed E-state index contributed by atoms with van der Waals surface area (Å²) in [5.74, 6) is 0.829. The van der Waals surface area contributed by atoms with Crippen molar-refractivity contribution in [3.8, 4) is 11.5 Å². The molecule has 7 nitrogen and oxygen atoms in total. The third kappa shape index (κ3) is 4.64. The van der Waals surface area contributed by atoms with Crippen LogP contribution in [0.2, 0.25) is 0 Å². The van der Waals surface area contributed by atoms with Crippen molar-refractivity contribution in [2.45, 2.75) is 26.8 Å². The van der Waals surface area contributed by atoms with Gasteiger partial charge in [0.1, 0.15) is 0 Å². The molecule has 8 heteroatoms. The van der Waals surface area contributed by atoms with Crippen molar-refractivity contribution in [2.24, 2.45) is 5.92 Å². The van der Waals surface area contributed by atoms with Crippen molar-refractivity contribution in [2.75, 3.05) is 33.1 Å². The summed E-state index contributed by atoms with van der Waals surface area (Å²) < 4.78 is 37.1. The Morgan fingerprint density at radius 1 is 1.20 bits per heavy atom. The molecule has 1 aliphatic heterocycles. The van der Waals surface area contributed by atoms with Crippen molar-refractivity contribution in [3.05, 3.63) is 23.3 Å². The molecule has 0 spiro atoms. The van der Waals surface area contributed by atoms with Crippen LogP contribution in [0, 0.1) is 5.92 Å². The van der Waals surface area contributed by atoms with Gasteiger partial charge in [0.05, 0.1) is 20.0 Å². The zero-order valence-corrected chi connectivity index (χ0v) is 16.0. The van der Waals surface area contributed by atoms with Crippen LogP contribution in [0.3, 0.4) is 0 Å². The van der Waals surface area contributed by atoms with Crippen LogP contribution in [0.25, 0.3) is 0 Å². The minimum absolute atomic E-state index is 0.103. The van der Waals surface area contributed by atoms with Gasteiger partial charge in [-0.1, -0.05) is 13.8 Å². The Labute approximate surface area is 149 Å². The standard InChI is InChI=1S/C17H26N2O5S/c1-12(2)17(20)18-6-8-25(21,22)19-7-5-13-9-15(23-3)16(24-4)10-14(13)11-19/h9-10,12H,5-8,11H2,1-4H3,(H,18,20). The van der Waals surface area contributed by atoms with Gasteiger partial charge in [0, 0.05) is 25.6 Å². The predicted octanol–water partition coefficient (Wildman–Crippen LogP) is 1.16. The molecule has 1 aromatic rings. The maximum absolute atomic E-state index is 12.5. The minimum Gasteiger partial charge on any atom is -0.493 e. The van der Waals surface area contributed by atoms with E-state index in [9.17, 15) is 13.2 Å². The lowest BCUT2D eigenvalue weighted by Crippen LogP contribution is -2.41. The summed E-state index contributed by atoms with van der Waals surface area (Å²) in [4.78, 5) is 11.6. The van der Waals surface area contributed by atoms with Gasteiger partial charge in [-0.05, 0) is 29.7 Å². The molecule has 2 rings (SSSR count). The van der Waals surface area contributed by atoms with Gasteiger partial charge >= 0.3 is 0 Å². The fraction of sp³-hybridized carbons (Fsp3) is 0.588. The number of carbonyl (C=O) groups excluding carboxylic acids is 1. The molecule has 1 amide bonds. The summed E-state index contributed by atoms with van der Waals surface area (Å²) in [7, 11) is -0.303. The Balaban J connectivity index is 2.07. The number of benzene rings is 1. The molecule has 140 valence electrons. The molecule has 0 unspecified atom stereocenters. The first-order chi connectivity index (χ1) is 11.8. The second-order valence-electron chi connectivity index (χ2n) is 6.32. The third-order valence-electron chi connectivity index (χ3n) is 4.26. The average molecular weight is 370 g/mol. The van der Waals surface area contributed by atoms with E-state index in [4.69, 9.17) is 9.47 Å². The van der Waals surface area contributed by atoms with Gasteiger partial charge in [-0.3, -0.25) is 4.79 Å². The predicted molar refractivity (Wildman–Crippen MR) is 95.3 cm³/mol. The molecule has 0 saturated carbocycles. The number of sulfonamides is 1. The maximum Gasteiger partial charge on any atom is 0.222 e. The van der Waals surface area contributed by atoms with Gasteiger partial charge in [-0.2, -0.15) is 4.31 Å². The minimum atomic E-state index is -3.44. The summed E-state index contributed by atoms with van der Waals surface area (Å²) in [5, 5.41) is 2.65. The lowest BCUT2D eigenvalue weighted by atomic mass is 10.0. The van der Waals surface area contributed by atoms with Gasteiger partial charge in [-0.25, -0.2) is 8.42 Å². The zero-order chi connectivity index (χ0) is 18.6. The lowest BCUT2D eigenvalue weighted by molar-refractivity contribution is -0.123. The lowest BCUT2D eigenvalue weighted by Gasteiger charge is -2.29. The normalized spacial score (nSPS) is 14.9. The number of amides is 1. The van der Waals surface area contributed by atoms with E-state index in [0.29, 0.717) is 31.0 Å². The molecule has 0 radical (unpaired) electrons. The highest BCUT2D eigenvalue weighted by molar-refractivity contribution is 7.89. The zero-order valence-electron chi connectivity index (χ0n) is 15.2. The van der Waals surface area contributed by atoms with Crippen molar-refractivity contribution in [1.82, 2.24) is 9.62 Å². The first kappa shape index (κ1) is 19.5. The Bertz CT molecular complexity index is 731. The van der Waals surface area contributed by atoms with Crippen molar-refractivity contribution in [3.63, 3.8) is 0 Å². The number of ether oxygens (including phenoxy) is 2. The average Bonchev–Trinajstić information content (AvgIpc) is 2.59. The van der Waals surface area contributed by atoms with Crippen LogP contribution >= 0.6 is 0 Å². The summed E-state index contributed by atoms with van der Waals surface area (Å²) >= 11 is 0. The molecular weight excluding hydrogens is 344 g/mol. The van der Waals surface area contributed by atoms with Crippen LogP contribution in [0.15, 0.2) is 12.1 Å². The monoisotopic (exact) mass is 370 g/mol. The fourth-order valence-electron chi connectivity index (χ4n) is 2.73. The van der Waals surface area contributed by atoms with Crippen LogP contribution in [0.5, 0.6) is 11.5 Å². The van der Waals surface area contributed by atoms with E-state index in [-0.39, 0.29) is 24.1 Å². The van der Waals surface area contributed by atoms with Crippen molar-refractivity contribution in [1.29, 1.82) is 0 Å². The van der Waals surface area contributed by atoms with Crippen LogP contribution < -0.4 is 14.8 Å². The van der Waals surface area contributed by atoms with Gasteiger partial charge in [0.15, 0.2) is 11.5 Å². The number of nitrogens with zero attached hydrogens (tertiary/aromatic N) is 1.